The molecule has 0 radical (unpaired) electrons. The van der Waals surface area contributed by atoms with Crippen LogP contribution in [-0.4, -0.2) is 93.5 Å². The van der Waals surface area contributed by atoms with Crippen LogP contribution in [0.1, 0.15) is 44.1 Å². The number of nitrogens with zero attached hydrogens (tertiary/aromatic N) is 6. The fraction of sp³-hybridized carbons (Fsp3) is 0.484. The second-order valence-electron chi connectivity index (χ2n) is 12.1. The number of halogens is 6. The fourth-order valence-electron chi connectivity index (χ4n) is 6.16. The van der Waals surface area contributed by atoms with Crippen molar-refractivity contribution in [3.05, 3.63) is 48.5 Å². The lowest BCUT2D eigenvalue weighted by Crippen LogP contribution is -2.44. The van der Waals surface area contributed by atoms with E-state index in [2.05, 4.69) is 31.6 Å². The van der Waals surface area contributed by atoms with Crippen molar-refractivity contribution in [2.45, 2.75) is 75.4 Å². The second kappa shape index (κ2) is 13.3. The van der Waals surface area contributed by atoms with Crippen molar-refractivity contribution in [1.82, 2.24) is 24.8 Å². The molecule has 0 spiro atoms. The van der Waals surface area contributed by atoms with Gasteiger partial charge in [0.05, 0.1) is 28.4 Å². The van der Waals surface area contributed by atoms with Crippen molar-refractivity contribution >= 4 is 34.5 Å². The first-order valence-electron chi connectivity index (χ1n) is 15.4. The number of esters is 1. The molecule has 18 heteroatoms. The van der Waals surface area contributed by atoms with E-state index in [1.54, 1.807) is 12.1 Å². The third kappa shape index (κ3) is 7.33. The van der Waals surface area contributed by atoms with Gasteiger partial charge in [-0.25, -0.2) is 24.5 Å². The third-order valence-electron chi connectivity index (χ3n) is 8.70. The number of imide groups is 1. The number of benzene rings is 1. The Hall–Kier alpha value is -4.74. The van der Waals surface area contributed by atoms with Crippen LogP contribution in [0.15, 0.2) is 43.0 Å². The summed E-state index contributed by atoms with van der Waals surface area (Å²) in [6.07, 6.45) is -8.13. The number of hydrogen-bond donors (Lipinski definition) is 0. The number of hydrogen-bond acceptors (Lipinski definition) is 10. The van der Waals surface area contributed by atoms with Crippen LogP contribution in [0.3, 0.4) is 0 Å². The van der Waals surface area contributed by atoms with Gasteiger partial charge in [-0.2, -0.15) is 26.3 Å². The average Bonchev–Trinajstić information content (AvgIpc) is 3.30. The Morgan fingerprint density at radius 1 is 0.857 bits per heavy atom. The highest BCUT2D eigenvalue weighted by atomic mass is 19.4. The van der Waals surface area contributed by atoms with Crippen LogP contribution in [0.5, 0.6) is 11.6 Å². The molecule has 0 N–H and O–H groups in total. The van der Waals surface area contributed by atoms with Crippen molar-refractivity contribution in [3.8, 4) is 11.6 Å². The molecular weight excluding hydrogens is 666 g/mol. The van der Waals surface area contributed by atoms with Crippen LogP contribution < -0.4 is 14.4 Å². The molecule has 2 aliphatic heterocycles. The summed E-state index contributed by atoms with van der Waals surface area (Å²) in [5.74, 6) is -3.15. The molecule has 1 aromatic carbocycles. The molecule has 2 saturated heterocycles. The fourth-order valence-corrected chi connectivity index (χ4v) is 6.16. The Balaban J connectivity index is 1.15. The Morgan fingerprint density at radius 2 is 1.55 bits per heavy atom. The third-order valence-corrected chi connectivity index (χ3v) is 8.70. The van der Waals surface area contributed by atoms with Crippen molar-refractivity contribution in [3.63, 3.8) is 0 Å². The van der Waals surface area contributed by atoms with E-state index in [0.717, 1.165) is 32.1 Å². The first-order chi connectivity index (χ1) is 23.2. The molecule has 3 fully saturated rings. The molecule has 2 aromatic heterocycles. The Labute approximate surface area is 274 Å². The molecule has 1 aliphatic carbocycles. The van der Waals surface area contributed by atoms with Crippen LogP contribution >= 0.6 is 0 Å². The van der Waals surface area contributed by atoms with E-state index in [-0.39, 0.29) is 36.7 Å². The number of amides is 3. The smallest absolute Gasteiger partial charge is 0.490 e. The Morgan fingerprint density at radius 3 is 2.22 bits per heavy atom. The van der Waals surface area contributed by atoms with Crippen LogP contribution in [0, 0.1) is 0 Å². The summed E-state index contributed by atoms with van der Waals surface area (Å²) in [5, 5.41) is 0.630. The lowest BCUT2D eigenvalue weighted by molar-refractivity contribution is -0.204. The van der Waals surface area contributed by atoms with E-state index in [4.69, 9.17) is 9.47 Å². The molecule has 3 aromatic rings. The number of rotatable bonds is 7. The predicted molar refractivity (Wildman–Crippen MR) is 157 cm³/mol. The van der Waals surface area contributed by atoms with Crippen LogP contribution in [0.2, 0.25) is 0 Å². The molecule has 0 bridgehead atoms. The van der Waals surface area contributed by atoms with Gasteiger partial charge >= 0.3 is 24.4 Å². The zero-order chi connectivity index (χ0) is 35.1. The summed E-state index contributed by atoms with van der Waals surface area (Å²) in [5.41, 5.74) is -1.41. The summed E-state index contributed by atoms with van der Waals surface area (Å²) in [6.45, 7) is 1.89. The van der Waals surface area contributed by atoms with E-state index in [9.17, 15) is 40.7 Å². The lowest BCUT2D eigenvalue weighted by atomic mass is 9.92. The van der Waals surface area contributed by atoms with Gasteiger partial charge in [-0.1, -0.05) is 0 Å². The number of fused-ring (bicyclic) bond motifs is 1. The minimum atomic E-state index is -5.55. The van der Waals surface area contributed by atoms with Crippen molar-refractivity contribution in [1.29, 1.82) is 0 Å². The zero-order valence-electron chi connectivity index (χ0n) is 25.9. The van der Waals surface area contributed by atoms with Crippen LogP contribution in [0.4, 0.5) is 36.8 Å². The monoisotopic (exact) mass is 696 g/mol. The van der Waals surface area contributed by atoms with E-state index >= 15 is 0 Å². The molecule has 49 heavy (non-hydrogen) atoms. The van der Waals surface area contributed by atoms with Gasteiger partial charge in [0, 0.05) is 31.4 Å². The SMILES string of the molecule is CN1CCC(Oc2ccc3c(OC4CCC(N5C(=O)C(OC(=O)C(F)(F)F)N(c6cncc(C(F)(F)F)c6)C5=O)CC4)ncnc3c2)CC1. The number of likely N-dealkylation sites (tertiary alicyclic amines) is 1. The van der Waals surface area contributed by atoms with Crippen molar-refractivity contribution in [2.75, 3.05) is 25.0 Å². The molecule has 4 heterocycles. The van der Waals surface area contributed by atoms with Gasteiger partial charge in [0.15, 0.2) is 0 Å². The summed E-state index contributed by atoms with van der Waals surface area (Å²) >= 11 is 0. The lowest BCUT2D eigenvalue weighted by Gasteiger charge is -2.33. The van der Waals surface area contributed by atoms with Crippen LogP contribution in [-0.2, 0) is 20.5 Å². The van der Waals surface area contributed by atoms with Crippen LogP contribution in [0.25, 0.3) is 10.9 Å². The minimum Gasteiger partial charge on any atom is -0.490 e. The number of aromatic nitrogens is 3. The number of carbonyl (C=O) groups excluding carboxylic acids is 3. The summed E-state index contributed by atoms with van der Waals surface area (Å²) in [7, 11) is 2.06. The normalized spacial score (nSPS) is 22.9. The molecule has 1 saturated carbocycles. The van der Waals surface area contributed by atoms with Gasteiger partial charge < -0.3 is 19.1 Å². The molecule has 1 unspecified atom stereocenters. The number of alkyl halides is 6. The number of anilines is 1. The Bertz CT molecular complexity index is 1730. The van der Waals surface area contributed by atoms with Crippen molar-refractivity contribution in [2.24, 2.45) is 0 Å². The standard InChI is InChI=1S/C31H30F6N6O6/c1-41-10-8-21(9-11-41)47-22-6-7-23-24(13-22)39-16-40-25(23)48-20-4-2-18(3-5-20)42-26(44)27(49-28(45)31(35,36)37)43(29(42)46)19-12-17(14-38-15-19)30(32,33)34/h6-7,12-16,18,20-21,27H,2-5,8-11H2,1H3. The highest BCUT2D eigenvalue weighted by molar-refractivity contribution is 6.14. The maximum Gasteiger partial charge on any atom is 0.491 e. The second-order valence-corrected chi connectivity index (χ2v) is 12.1. The first-order valence-corrected chi connectivity index (χ1v) is 15.4. The van der Waals surface area contributed by atoms with Gasteiger partial charge in [-0.15, -0.1) is 0 Å². The van der Waals surface area contributed by atoms with Gasteiger partial charge in [-0.3, -0.25) is 14.7 Å². The van der Waals surface area contributed by atoms with E-state index in [1.165, 1.54) is 6.33 Å². The highest BCUT2D eigenvalue weighted by Gasteiger charge is 2.54. The molecule has 3 amide bonds. The Kier molecular flexibility index (Phi) is 9.25. The quantitative estimate of drug-likeness (QED) is 0.187. The molecule has 1 atom stereocenters. The minimum absolute atomic E-state index is 0.0940. The van der Waals surface area contributed by atoms with Gasteiger partial charge in [0.25, 0.3) is 12.1 Å². The van der Waals surface area contributed by atoms with Gasteiger partial charge in [-0.05, 0) is 63.8 Å². The molecule has 262 valence electrons. The number of carbonyl (C=O) groups is 3. The van der Waals surface area contributed by atoms with E-state index in [1.807, 2.05) is 6.07 Å². The predicted octanol–water partition coefficient (Wildman–Crippen LogP) is 5.11. The number of piperidine rings is 1. The summed E-state index contributed by atoms with van der Waals surface area (Å²) < 4.78 is 96.0. The zero-order valence-corrected chi connectivity index (χ0v) is 25.9. The number of ether oxygens (including phenoxy) is 3. The molecule has 12 nitrogen and oxygen atoms in total. The van der Waals surface area contributed by atoms with Gasteiger partial charge in [0.1, 0.15) is 24.3 Å². The van der Waals surface area contributed by atoms with E-state index in [0.29, 0.717) is 39.7 Å². The highest BCUT2D eigenvalue weighted by Crippen LogP contribution is 2.37. The number of urea groups is 1. The average molecular weight is 697 g/mol. The summed E-state index contributed by atoms with van der Waals surface area (Å²) in [4.78, 5) is 53.7. The molecule has 3 aliphatic rings. The summed E-state index contributed by atoms with van der Waals surface area (Å²) in [6, 6.07) is 3.70. The first kappa shape index (κ1) is 34.1. The van der Waals surface area contributed by atoms with Crippen molar-refractivity contribution < 1.29 is 54.9 Å². The maximum absolute atomic E-state index is 13.5. The van der Waals surface area contributed by atoms with E-state index < -0.39 is 59.9 Å². The maximum atomic E-state index is 13.5. The molecular formula is C31H30F6N6O6. The largest absolute Gasteiger partial charge is 0.491 e. The van der Waals surface area contributed by atoms with Gasteiger partial charge in [0.2, 0.25) is 5.88 Å². The number of pyridine rings is 1. The topological polar surface area (TPSA) is 127 Å². The molecule has 6 rings (SSSR count).